The smallest absolute Gasteiger partial charge is 0.270 e. The number of para-hydroxylation sites is 1. The first-order valence-electron chi connectivity index (χ1n) is 12.3. The van der Waals surface area contributed by atoms with Gasteiger partial charge in [-0.3, -0.25) is 9.36 Å². The first kappa shape index (κ1) is 27.0. The Morgan fingerprint density at radius 1 is 1.22 bits per heavy atom. The van der Waals surface area contributed by atoms with Gasteiger partial charge in [-0.25, -0.2) is 9.37 Å². The van der Waals surface area contributed by atoms with Gasteiger partial charge in [-0.1, -0.05) is 37.7 Å². The summed E-state index contributed by atoms with van der Waals surface area (Å²) < 4.78 is 21.8. The molecule has 0 saturated carbocycles. The zero-order valence-electron chi connectivity index (χ0n) is 21.2. The van der Waals surface area contributed by atoms with E-state index in [0.29, 0.717) is 33.9 Å². The molecule has 1 unspecified atom stereocenters. The van der Waals surface area contributed by atoms with Crippen LogP contribution in [-0.4, -0.2) is 56.2 Å². The molecule has 0 aliphatic heterocycles. The van der Waals surface area contributed by atoms with E-state index in [9.17, 15) is 9.18 Å². The molecule has 3 heterocycles. The van der Waals surface area contributed by atoms with Crippen molar-refractivity contribution < 1.29 is 13.6 Å². The molecular formula is C26H31FN6O2S2. The van der Waals surface area contributed by atoms with Crippen LogP contribution in [0.15, 0.2) is 57.6 Å². The second kappa shape index (κ2) is 13.0. The zero-order chi connectivity index (χ0) is 26.2. The minimum absolute atomic E-state index is 0.0712. The SMILES string of the molecule is CCN(CC)CCCC(C)NC(=O)c1csc(CSc2nnc(-c3ccco3)n2-c2ccccc2F)n1. The number of thioether (sulfide) groups is 1. The summed E-state index contributed by atoms with van der Waals surface area (Å²) in [6.45, 7) is 9.46. The lowest BCUT2D eigenvalue weighted by Crippen LogP contribution is -2.33. The lowest BCUT2D eigenvalue weighted by atomic mass is 10.1. The second-order valence-electron chi connectivity index (χ2n) is 8.53. The van der Waals surface area contributed by atoms with Crippen LogP contribution in [0.25, 0.3) is 17.3 Å². The van der Waals surface area contributed by atoms with E-state index in [1.807, 2.05) is 6.92 Å². The predicted molar refractivity (Wildman–Crippen MR) is 145 cm³/mol. The molecule has 0 bridgehead atoms. The average molecular weight is 543 g/mol. The molecule has 1 aromatic carbocycles. The van der Waals surface area contributed by atoms with E-state index in [4.69, 9.17) is 4.42 Å². The van der Waals surface area contributed by atoms with Gasteiger partial charge in [0.1, 0.15) is 16.5 Å². The summed E-state index contributed by atoms with van der Waals surface area (Å²) in [5.74, 6) is 0.796. The molecule has 0 saturated heterocycles. The number of amides is 1. The maximum atomic E-state index is 14.7. The molecule has 1 amide bonds. The van der Waals surface area contributed by atoms with Crippen molar-refractivity contribution in [3.05, 3.63) is 64.6 Å². The Bertz CT molecular complexity index is 1290. The third-order valence-electron chi connectivity index (χ3n) is 5.96. The highest BCUT2D eigenvalue weighted by molar-refractivity contribution is 7.98. The van der Waals surface area contributed by atoms with E-state index in [1.165, 1.54) is 35.4 Å². The Hall–Kier alpha value is -3.02. The summed E-state index contributed by atoms with van der Waals surface area (Å²) in [5, 5.41) is 14.6. The topological polar surface area (TPSA) is 89.1 Å². The van der Waals surface area contributed by atoms with Gasteiger partial charge < -0.3 is 14.6 Å². The highest BCUT2D eigenvalue weighted by atomic mass is 32.2. The van der Waals surface area contributed by atoms with Crippen LogP contribution in [0.2, 0.25) is 0 Å². The molecule has 0 aliphatic rings. The molecule has 0 spiro atoms. The van der Waals surface area contributed by atoms with Crippen molar-refractivity contribution in [3.8, 4) is 17.3 Å². The fourth-order valence-corrected chi connectivity index (χ4v) is 5.65. The number of hydrogen-bond acceptors (Lipinski definition) is 8. The Morgan fingerprint density at radius 2 is 2.03 bits per heavy atom. The largest absolute Gasteiger partial charge is 0.461 e. The van der Waals surface area contributed by atoms with Gasteiger partial charge in [0, 0.05) is 11.4 Å². The molecule has 37 heavy (non-hydrogen) atoms. The van der Waals surface area contributed by atoms with Crippen LogP contribution >= 0.6 is 23.1 Å². The monoisotopic (exact) mass is 542 g/mol. The minimum Gasteiger partial charge on any atom is -0.461 e. The number of nitrogens with one attached hydrogen (secondary N) is 1. The van der Waals surface area contributed by atoms with Gasteiger partial charge in [0.15, 0.2) is 10.9 Å². The van der Waals surface area contributed by atoms with Crippen molar-refractivity contribution >= 4 is 29.0 Å². The number of aromatic nitrogens is 4. The van der Waals surface area contributed by atoms with Gasteiger partial charge >= 0.3 is 0 Å². The molecule has 0 radical (unpaired) electrons. The number of benzene rings is 1. The van der Waals surface area contributed by atoms with Crippen LogP contribution in [0, 0.1) is 5.82 Å². The van der Waals surface area contributed by atoms with Gasteiger partial charge in [0.25, 0.3) is 5.91 Å². The Balaban J connectivity index is 1.40. The molecule has 1 atom stereocenters. The van der Waals surface area contributed by atoms with Crippen molar-refractivity contribution in [3.63, 3.8) is 0 Å². The first-order chi connectivity index (χ1) is 18.0. The standard InChI is InChI=1S/C26H31FN6O2S2/c1-4-32(5-2)14-8-10-18(3)28-25(34)20-16-36-23(29-20)17-37-26-31-30-24(22-13-9-15-35-22)33(26)21-12-7-6-11-19(21)27/h6-7,9,11-13,15-16,18H,4-5,8,10,14,17H2,1-3H3,(H,28,34). The Morgan fingerprint density at radius 3 is 2.76 bits per heavy atom. The number of halogens is 1. The van der Waals surface area contributed by atoms with E-state index in [0.717, 1.165) is 37.5 Å². The summed E-state index contributed by atoms with van der Waals surface area (Å²) in [6, 6.07) is 10.0. The summed E-state index contributed by atoms with van der Waals surface area (Å²) in [7, 11) is 0. The van der Waals surface area contributed by atoms with Gasteiger partial charge in [0.05, 0.1) is 17.7 Å². The molecule has 8 nitrogen and oxygen atoms in total. The summed E-state index contributed by atoms with van der Waals surface area (Å²) >= 11 is 2.78. The van der Waals surface area contributed by atoms with Crippen LogP contribution in [0.5, 0.6) is 0 Å². The molecule has 0 aliphatic carbocycles. The fourth-order valence-electron chi connectivity index (χ4n) is 3.92. The maximum absolute atomic E-state index is 14.7. The minimum atomic E-state index is -0.392. The lowest BCUT2D eigenvalue weighted by Gasteiger charge is -2.19. The molecule has 196 valence electrons. The molecular weight excluding hydrogens is 511 g/mol. The van der Waals surface area contributed by atoms with Gasteiger partial charge in [-0.15, -0.1) is 21.5 Å². The highest BCUT2D eigenvalue weighted by Crippen LogP contribution is 2.31. The van der Waals surface area contributed by atoms with Crippen LogP contribution in [0.4, 0.5) is 4.39 Å². The normalized spacial score (nSPS) is 12.2. The van der Waals surface area contributed by atoms with Crippen LogP contribution in [0.3, 0.4) is 0 Å². The lowest BCUT2D eigenvalue weighted by molar-refractivity contribution is 0.0932. The first-order valence-corrected chi connectivity index (χ1v) is 14.2. The third kappa shape index (κ3) is 6.85. The Labute approximate surface area is 224 Å². The Kier molecular flexibility index (Phi) is 9.48. The third-order valence-corrected chi connectivity index (χ3v) is 7.93. The molecule has 0 fully saturated rings. The van der Waals surface area contributed by atoms with Crippen LogP contribution in [0.1, 0.15) is 49.1 Å². The highest BCUT2D eigenvalue weighted by Gasteiger charge is 2.21. The van der Waals surface area contributed by atoms with Crippen molar-refractivity contribution in [2.45, 2.75) is 50.6 Å². The summed E-state index contributed by atoms with van der Waals surface area (Å²) in [5.41, 5.74) is 0.735. The van der Waals surface area contributed by atoms with Gasteiger partial charge in [-0.2, -0.15) is 0 Å². The molecule has 3 aromatic heterocycles. The number of carbonyl (C=O) groups excluding carboxylic acids is 1. The molecule has 1 N–H and O–H groups in total. The number of rotatable bonds is 13. The van der Waals surface area contributed by atoms with E-state index in [-0.39, 0.29) is 11.9 Å². The number of hydrogen-bond donors (Lipinski definition) is 1. The van der Waals surface area contributed by atoms with E-state index < -0.39 is 5.82 Å². The quantitative estimate of drug-likeness (QED) is 0.218. The van der Waals surface area contributed by atoms with Crippen molar-refractivity contribution in [1.29, 1.82) is 0 Å². The molecule has 4 aromatic rings. The number of furan rings is 1. The summed E-state index contributed by atoms with van der Waals surface area (Å²) in [6.07, 6.45) is 3.49. The van der Waals surface area contributed by atoms with Crippen molar-refractivity contribution in [2.75, 3.05) is 19.6 Å². The number of thiazole rings is 1. The maximum Gasteiger partial charge on any atom is 0.270 e. The van der Waals surface area contributed by atoms with Crippen molar-refractivity contribution in [2.24, 2.45) is 0 Å². The number of nitrogens with zero attached hydrogens (tertiary/aromatic N) is 5. The van der Waals surface area contributed by atoms with Gasteiger partial charge in [0.2, 0.25) is 5.82 Å². The second-order valence-corrected chi connectivity index (χ2v) is 10.4. The van der Waals surface area contributed by atoms with E-state index in [1.54, 1.807) is 40.3 Å². The molecule has 4 rings (SSSR count). The summed E-state index contributed by atoms with van der Waals surface area (Å²) in [4.78, 5) is 19.6. The van der Waals surface area contributed by atoms with Crippen molar-refractivity contribution in [1.82, 2.24) is 30.0 Å². The predicted octanol–water partition coefficient (Wildman–Crippen LogP) is 5.66. The van der Waals surface area contributed by atoms with E-state index in [2.05, 4.69) is 39.2 Å². The average Bonchev–Trinajstić information content (AvgIpc) is 3.66. The number of carbonyl (C=O) groups is 1. The van der Waals surface area contributed by atoms with Gasteiger partial charge in [-0.05, 0) is 63.7 Å². The zero-order valence-corrected chi connectivity index (χ0v) is 22.8. The molecule has 11 heteroatoms. The fraction of sp³-hybridized carbons (Fsp3) is 0.385. The van der Waals surface area contributed by atoms with Crippen LogP contribution < -0.4 is 5.32 Å². The van der Waals surface area contributed by atoms with E-state index >= 15 is 0 Å². The van der Waals surface area contributed by atoms with Crippen LogP contribution in [-0.2, 0) is 5.75 Å².